The average Bonchev–Trinajstić information content (AvgIpc) is 3.18. The highest BCUT2D eigenvalue weighted by molar-refractivity contribution is 5.23. The van der Waals surface area contributed by atoms with Gasteiger partial charge in [0.25, 0.3) is 0 Å². The second-order valence-corrected chi connectivity index (χ2v) is 5.27. The van der Waals surface area contributed by atoms with Crippen molar-refractivity contribution in [1.29, 1.82) is 0 Å². The molecule has 1 aromatic carbocycles. The van der Waals surface area contributed by atoms with Crippen LogP contribution in [0.4, 0.5) is 0 Å². The molecule has 2 aromatic rings. The Kier molecular flexibility index (Phi) is 4.62. The number of benzene rings is 1. The fourth-order valence-corrected chi connectivity index (χ4v) is 2.66. The molecule has 5 heteroatoms. The highest BCUT2D eigenvalue weighted by Crippen LogP contribution is 2.22. The third kappa shape index (κ3) is 3.49. The molecule has 3 rings (SSSR count). The number of hydrogen-bond acceptors (Lipinski definition) is 5. The molecule has 0 saturated carbocycles. The Balaban J connectivity index is 1.75. The van der Waals surface area contributed by atoms with Gasteiger partial charge in [-0.25, -0.2) is 0 Å². The molecule has 2 atom stereocenters. The zero-order valence-corrected chi connectivity index (χ0v) is 12.3. The molecule has 1 saturated heterocycles. The molecule has 1 aromatic heterocycles. The topological polar surface area (TPSA) is 60.2 Å². The van der Waals surface area contributed by atoms with E-state index < -0.39 is 0 Å². The first-order valence-corrected chi connectivity index (χ1v) is 7.59. The largest absolute Gasteiger partial charge is 0.423 e. The molecule has 0 aliphatic carbocycles. The molecule has 0 radical (unpaired) electrons. The second kappa shape index (κ2) is 6.83. The summed E-state index contributed by atoms with van der Waals surface area (Å²) in [5.41, 5.74) is 1.13. The molecule has 5 nitrogen and oxygen atoms in total. The Morgan fingerprint density at radius 3 is 2.86 bits per heavy atom. The lowest BCUT2D eigenvalue weighted by atomic mass is 10.1. The number of ether oxygens (including phenoxy) is 1. The van der Waals surface area contributed by atoms with Gasteiger partial charge in [0.15, 0.2) is 0 Å². The zero-order chi connectivity index (χ0) is 14.5. The maximum absolute atomic E-state index is 5.85. The van der Waals surface area contributed by atoms with Crippen LogP contribution in [0, 0.1) is 0 Å². The maximum Gasteiger partial charge on any atom is 0.237 e. The Bertz CT molecular complexity index is 550. The lowest BCUT2D eigenvalue weighted by Gasteiger charge is -2.14. The number of aromatic nitrogens is 2. The summed E-state index contributed by atoms with van der Waals surface area (Å²) in [6, 6.07) is 10.1. The molecular formula is C16H21N3O2. The molecule has 112 valence electrons. The molecular weight excluding hydrogens is 266 g/mol. The van der Waals surface area contributed by atoms with Crippen molar-refractivity contribution in [2.75, 3.05) is 13.2 Å². The molecule has 0 amide bonds. The summed E-state index contributed by atoms with van der Waals surface area (Å²) in [5.74, 6) is 1.28. The monoisotopic (exact) mass is 287 g/mol. The summed E-state index contributed by atoms with van der Waals surface area (Å²) in [7, 11) is 0. The summed E-state index contributed by atoms with van der Waals surface area (Å²) in [6.45, 7) is 3.75. The Morgan fingerprint density at radius 1 is 1.29 bits per heavy atom. The summed E-state index contributed by atoms with van der Waals surface area (Å²) < 4.78 is 11.5. The minimum Gasteiger partial charge on any atom is -0.423 e. The molecule has 1 N–H and O–H groups in total. The molecule has 0 bridgehead atoms. The van der Waals surface area contributed by atoms with E-state index in [0.29, 0.717) is 18.2 Å². The van der Waals surface area contributed by atoms with Crippen LogP contribution in [-0.2, 0) is 11.2 Å². The van der Waals surface area contributed by atoms with Crippen molar-refractivity contribution in [3.05, 3.63) is 47.7 Å². The minimum absolute atomic E-state index is 0.0538. The first-order valence-electron chi connectivity index (χ1n) is 7.59. The maximum atomic E-state index is 5.85. The van der Waals surface area contributed by atoms with Gasteiger partial charge in [0.05, 0.1) is 12.5 Å². The van der Waals surface area contributed by atoms with Gasteiger partial charge in [-0.15, -0.1) is 10.2 Å². The van der Waals surface area contributed by atoms with Crippen LogP contribution in [0.25, 0.3) is 0 Å². The summed E-state index contributed by atoms with van der Waals surface area (Å²) in [4.78, 5) is 0. The lowest BCUT2D eigenvalue weighted by molar-refractivity contribution is 0.105. The van der Waals surface area contributed by atoms with Crippen LogP contribution in [0.15, 0.2) is 34.7 Å². The van der Waals surface area contributed by atoms with Crippen molar-refractivity contribution in [1.82, 2.24) is 15.5 Å². The second-order valence-electron chi connectivity index (χ2n) is 5.27. The van der Waals surface area contributed by atoms with E-state index in [0.717, 1.165) is 31.6 Å². The van der Waals surface area contributed by atoms with Gasteiger partial charge < -0.3 is 14.5 Å². The molecule has 0 spiro atoms. The summed E-state index contributed by atoms with van der Waals surface area (Å²) >= 11 is 0. The van der Waals surface area contributed by atoms with Crippen LogP contribution in [0.1, 0.15) is 43.2 Å². The number of hydrogen-bond donors (Lipinski definition) is 1. The molecule has 1 fully saturated rings. The van der Waals surface area contributed by atoms with Gasteiger partial charge in [-0.2, -0.15) is 0 Å². The van der Waals surface area contributed by atoms with Gasteiger partial charge in [-0.1, -0.05) is 37.3 Å². The lowest BCUT2D eigenvalue weighted by Crippen LogP contribution is -2.22. The SMILES string of the molecule is CCNC(c1ccccc1)c1nnc(CC2CCCO2)o1. The predicted octanol–water partition coefficient (Wildman–Crippen LogP) is 2.49. The van der Waals surface area contributed by atoms with E-state index in [1.807, 2.05) is 18.2 Å². The Morgan fingerprint density at radius 2 is 2.14 bits per heavy atom. The molecule has 1 aliphatic heterocycles. The fourth-order valence-electron chi connectivity index (χ4n) is 2.66. The van der Waals surface area contributed by atoms with E-state index in [9.17, 15) is 0 Å². The van der Waals surface area contributed by atoms with Crippen LogP contribution in [0.2, 0.25) is 0 Å². The van der Waals surface area contributed by atoms with Crippen molar-refractivity contribution >= 4 is 0 Å². The van der Waals surface area contributed by atoms with Crippen LogP contribution < -0.4 is 5.32 Å². The van der Waals surface area contributed by atoms with Crippen LogP contribution in [-0.4, -0.2) is 29.5 Å². The average molecular weight is 287 g/mol. The zero-order valence-electron chi connectivity index (χ0n) is 12.3. The van der Waals surface area contributed by atoms with E-state index in [1.165, 1.54) is 0 Å². The Hall–Kier alpha value is -1.72. The van der Waals surface area contributed by atoms with Crippen molar-refractivity contribution in [2.45, 2.75) is 38.3 Å². The van der Waals surface area contributed by atoms with Crippen molar-refractivity contribution in [3.8, 4) is 0 Å². The molecule has 2 heterocycles. The van der Waals surface area contributed by atoms with Crippen molar-refractivity contribution < 1.29 is 9.15 Å². The van der Waals surface area contributed by atoms with Crippen molar-refractivity contribution in [2.24, 2.45) is 0 Å². The van der Waals surface area contributed by atoms with Gasteiger partial charge in [0.1, 0.15) is 6.04 Å². The fraction of sp³-hybridized carbons (Fsp3) is 0.500. The van der Waals surface area contributed by atoms with Crippen LogP contribution >= 0.6 is 0 Å². The van der Waals surface area contributed by atoms with E-state index in [1.54, 1.807) is 0 Å². The first kappa shape index (κ1) is 14.2. The minimum atomic E-state index is -0.0538. The van der Waals surface area contributed by atoms with Gasteiger partial charge in [-0.3, -0.25) is 0 Å². The van der Waals surface area contributed by atoms with Gasteiger partial charge in [-0.05, 0) is 24.9 Å². The van der Waals surface area contributed by atoms with E-state index in [4.69, 9.17) is 9.15 Å². The first-order chi connectivity index (χ1) is 10.4. The van der Waals surface area contributed by atoms with Gasteiger partial charge in [0, 0.05) is 6.61 Å². The standard InChI is InChI=1S/C16H21N3O2/c1-2-17-15(12-7-4-3-5-8-12)16-19-18-14(21-16)11-13-9-6-10-20-13/h3-5,7-8,13,15,17H,2,6,9-11H2,1H3. The third-order valence-electron chi connectivity index (χ3n) is 3.70. The smallest absolute Gasteiger partial charge is 0.237 e. The number of rotatable bonds is 6. The third-order valence-corrected chi connectivity index (χ3v) is 3.70. The summed E-state index contributed by atoms with van der Waals surface area (Å²) in [5, 5.41) is 11.8. The molecule has 2 unspecified atom stereocenters. The molecule has 1 aliphatic rings. The van der Waals surface area contributed by atoms with E-state index in [-0.39, 0.29) is 12.1 Å². The number of nitrogens with one attached hydrogen (secondary N) is 1. The predicted molar refractivity (Wildman–Crippen MR) is 78.9 cm³/mol. The highest BCUT2D eigenvalue weighted by Gasteiger charge is 2.23. The summed E-state index contributed by atoms with van der Waals surface area (Å²) in [6.07, 6.45) is 3.14. The van der Waals surface area contributed by atoms with Gasteiger partial charge in [0.2, 0.25) is 11.8 Å². The Labute approximate surface area is 124 Å². The highest BCUT2D eigenvalue weighted by atomic mass is 16.5. The quantitative estimate of drug-likeness (QED) is 0.884. The van der Waals surface area contributed by atoms with Gasteiger partial charge >= 0.3 is 0 Å². The van der Waals surface area contributed by atoms with E-state index >= 15 is 0 Å². The van der Waals surface area contributed by atoms with Crippen LogP contribution in [0.5, 0.6) is 0 Å². The molecule has 21 heavy (non-hydrogen) atoms. The number of nitrogens with zero attached hydrogens (tertiary/aromatic N) is 2. The van der Waals surface area contributed by atoms with E-state index in [2.05, 4.69) is 34.6 Å². The normalized spacial score (nSPS) is 19.8. The van der Waals surface area contributed by atoms with Crippen LogP contribution in [0.3, 0.4) is 0 Å². The van der Waals surface area contributed by atoms with Crippen molar-refractivity contribution in [3.63, 3.8) is 0 Å².